The number of likely N-dealkylation sites (N-methyl/N-ethyl adjacent to an activating group) is 1. The molecule has 0 aliphatic carbocycles. The lowest BCUT2D eigenvalue weighted by Crippen LogP contribution is -2.36. The Morgan fingerprint density at radius 2 is 2.00 bits per heavy atom. The summed E-state index contributed by atoms with van der Waals surface area (Å²) in [5.74, 6) is 0.215. The molecule has 0 saturated carbocycles. The summed E-state index contributed by atoms with van der Waals surface area (Å²) in [6.07, 6.45) is 1.59. The smallest absolute Gasteiger partial charge is 0.326 e. The molecule has 1 saturated heterocycles. The molecule has 1 fully saturated rings. The number of hydrogen-bond acceptors (Lipinski definition) is 4. The lowest BCUT2D eigenvalue weighted by molar-refractivity contribution is -0.131. The first-order chi connectivity index (χ1) is 10.2. The van der Waals surface area contributed by atoms with Gasteiger partial charge in [-0.05, 0) is 18.8 Å². The van der Waals surface area contributed by atoms with Gasteiger partial charge in [0.05, 0.1) is 0 Å². The van der Waals surface area contributed by atoms with Crippen LogP contribution in [0.4, 0.5) is 4.79 Å². The van der Waals surface area contributed by atoms with Crippen LogP contribution in [0.2, 0.25) is 0 Å². The maximum absolute atomic E-state index is 12.0. The molecule has 1 aliphatic heterocycles. The third-order valence-electron chi connectivity index (χ3n) is 4.08. The lowest BCUT2D eigenvalue weighted by atomic mass is 10.0. The van der Waals surface area contributed by atoms with Gasteiger partial charge in [-0.1, -0.05) is 13.8 Å². The van der Waals surface area contributed by atoms with Gasteiger partial charge in [-0.3, -0.25) is 14.5 Å². The fourth-order valence-corrected chi connectivity index (χ4v) is 2.27. The maximum atomic E-state index is 12.0. The second-order valence-electron chi connectivity index (χ2n) is 6.30. The lowest BCUT2D eigenvalue weighted by Gasteiger charge is -2.22. The molecular weight excluding hydrogens is 284 g/mol. The molecule has 1 unspecified atom stereocenters. The molecule has 0 aromatic carbocycles. The average molecular weight is 312 g/mol. The molecule has 7 nitrogen and oxygen atoms in total. The van der Waals surface area contributed by atoms with Gasteiger partial charge < -0.3 is 15.5 Å². The third kappa shape index (κ3) is 4.98. The van der Waals surface area contributed by atoms with E-state index >= 15 is 0 Å². The summed E-state index contributed by atoms with van der Waals surface area (Å²) in [6.45, 7) is 5.18. The molecule has 1 atom stereocenters. The van der Waals surface area contributed by atoms with Crippen molar-refractivity contribution in [2.45, 2.75) is 39.2 Å². The number of amides is 4. The Labute approximate surface area is 132 Å². The van der Waals surface area contributed by atoms with Crippen LogP contribution in [0, 0.1) is 5.92 Å². The molecular formula is C15H28N4O3. The highest BCUT2D eigenvalue weighted by atomic mass is 16.2. The largest absolute Gasteiger partial charge is 0.346 e. The van der Waals surface area contributed by atoms with Crippen LogP contribution in [0.3, 0.4) is 0 Å². The molecule has 0 radical (unpaired) electrons. The van der Waals surface area contributed by atoms with Crippen LogP contribution in [0.5, 0.6) is 0 Å². The van der Waals surface area contributed by atoms with Crippen molar-refractivity contribution in [3.05, 3.63) is 0 Å². The zero-order valence-electron chi connectivity index (χ0n) is 14.0. The van der Waals surface area contributed by atoms with Crippen molar-refractivity contribution >= 4 is 17.8 Å². The Bertz CT molecular complexity index is 425. The summed E-state index contributed by atoms with van der Waals surface area (Å²) in [5, 5.41) is 0. The van der Waals surface area contributed by atoms with Gasteiger partial charge in [-0.2, -0.15) is 0 Å². The van der Waals surface area contributed by atoms with E-state index in [1.54, 1.807) is 19.0 Å². The fraction of sp³-hybridized carbons (Fsp3) is 0.800. The van der Waals surface area contributed by atoms with Crippen molar-refractivity contribution in [2.75, 3.05) is 33.7 Å². The number of hydrogen-bond donors (Lipinski definition) is 1. The predicted octanol–water partition coefficient (Wildman–Crippen LogP) is 0.492. The normalized spacial score (nSPS) is 16.6. The van der Waals surface area contributed by atoms with Crippen molar-refractivity contribution in [2.24, 2.45) is 11.7 Å². The molecule has 0 spiro atoms. The third-order valence-corrected chi connectivity index (χ3v) is 4.08. The van der Waals surface area contributed by atoms with Crippen molar-refractivity contribution in [1.82, 2.24) is 14.7 Å². The van der Waals surface area contributed by atoms with Crippen LogP contribution in [0.15, 0.2) is 0 Å². The first kappa shape index (κ1) is 18.4. The van der Waals surface area contributed by atoms with E-state index in [0.717, 1.165) is 6.42 Å². The van der Waals surface area contributed by atoms with E-state index in [4.69, 9.17) is 5.73 Å². The van der Waals surface area contributed by atoms with E-state index in [0.29, 0.717) is 31.8 Å². The minimum atomic E-state index is -0.284. The number of nitrogens with zero attached hydrogens (tertiary/aromatic N) is 3. The highest BCUT2D eigenvalue weighted by Crippen LogP contribution is 2.10. The summed E-state index contributed by atoms with van der Waals surface area (Å²) in [7, 11) is 3.35. The van der Waals surface area contributed by atoms with E-state index in [1.807, 2.05) is 0 Å². The first-order valence-electron chi connectivity index (χ1n) is 7.79. The molecule has 1 rings (SSSR count). The van der Waals surface area contributed by atoms with Gasteiger partial charge in [0.1, 0.15) is 6.54 Å². The van der Waals surface area contributed by atoms with Gasteiger partial charge in [0.2, 0.25) is 11.8 Å². The van der Waals surface area contributed by atoms with Gasteiger partial charge in [0.15, 0.2) is 0 Å². The summed E-state index contributed by atoms with van der Waals surface area (Å²) in [6, 6.07) is -0.195. The van der Waals surface area contributed by atoms with E-state index in [-0.39, 0.29) is 30.4 Å². The van der Waals surface area contributed by atoms with Crippen LogP contribution in [-0.4, -0.2) is 72.3 Å². The monoisotopic (exact) mass is 312 g/mol. The summed E-state index contributed by atoms with van der Waals surface area (Å²) < 4.78 is 0. The highest BCUT2D eigenvalue weighted by molar-refractivity contribution is 6.01. The maximum Gasteiger partial charge on any atom is 0.326 e. The standard InChI is InChI=1S/C15H28N4O3/c1-11(2)12(16)7-9-17(3)13(20)6-5-8-19-14(21)10-18(4)15(19)22/h11-12H,5-10,16H2,1-4H3. The molecule has 0 bridgehead atoms. The zero-order valence-corrected chi connectivity index (χ0v) is 14.0. The average Bonchev–Trinajstić information content (AvgIpc) is 2.70. The van der Waals surface area contributed by atoms with Crippen molar-refractivity contribution < 1.29 is 14.4 Å². The molecule has 7 heteroatoms. The minimum Gasteiger partial charge on any atom is -0.346 e. The molecule has 4 amide bonds. The molecule has 22 heavy (non-hydrogen) atoms. The van der Waals surface area contributed by atoms with Crippen molar-refractivity contribution in [1.29, 1.82) is 0 Å². The predicted molar refractivity (Wildman–Crippen MR) is 84.0 cm³/mol. The number of urea groups is 1. The van der Waals surface area contributed by atoms with Crippen LogP contribution in [-0.2, 0) is 9.59 Å². The number of carbonyl (C=O) groups excluding carboxylic acids is 3. The molecule has 126 valence electrons. The van der Waals surface area contributed by atoms with Gasteiger partial charge in [0.25, 0.3) is 0 Å². The zero-order chi connectivity index (χ0) is 16.9. The molecule has 1 aliphatic rings. The van der Waals surface area contributed by atoms with Crippen LogP contribution in [0.25, 0.3) is 0 Å². The van der Waals surface area contributed by atoms with E-state index < -0.39 is 0 Å². The summed E-state index contributed by atoms with van der Waals surface area (Å²) >= 11 is 0. The molecule has 2 N–H and O–H groups in total. The number of carbonyl (C=O) groups is 3. The van der Waals surface area contributed by atoms with Crippen LogP contribution >= 0.6 is 0 Å². The second kappa shape index (κ2) is 8.12. The Hall–Kier alpha value is -1.63. The number of nitrogens with two attached hydrogens (primary N) is 1. The van der Waals surface area contributed by atoms with Gasteiger partial charge in [0, 0.05) is 39.6 Å². The Morgan fingerprint density at radius 3 is 2.50 bits per heavy atom. The number of imide groups is 1. The summed E-state index contributed by atoms with van der Waals surface area (Å²) in [5.41, 5.74) is 5.97. The molecule has 1 heterocycles. The van der Waals surface area contributed by atoms with E-state index in [1.165, 1.54) is 9.80 Å². The quantitative estimate of drug-likeness (QED) is 0.661. The fourth-order valence-electron chi connectivity index (χ4n) is 2.27. The second-order valence-corrected chi connectivity index (χ2v) is 6.30. The van der Waals surface area contributed by atoms with Crippen molar-refractivity contribution in [3.8, 4) is 0 Å². The van der Waals surface area contributed by atoms with Crippen LogP contribution < -0.4 is 5.73 Å². The van der Waals surface area contributed by atoms with E-state index in [2.05, 4.69) is 13.8 Å². The van der Waals surface area contributed by atoms with Crippen LogP contribution in [0.1, 0.15) is 33.1 Å². The Morgan fingerprint density at radius 1 is 1.36 bits per heavy atom. The Kier molecular flexibility index (Phi) is 6.80. The molecule has 0 aromatic heterocycles. The van der Waals surface area contributed by atoms with Gasteiger partial charge in [-0.15, -0.1) is 0 Å². The van der Waals surface area contributed by atoms with Gasteiger partial charge in [-0.25, -0.2) is 4.79 Å². The topological polar surface area (TPSA) is 86.9 Å². The number of rotatable bonds is 8. The highest BCUT2D eigenvalue weighted by Gasteiger charge is 2.32. The van der Waals surface area contributed by atoms with E-state index in [9.17, 15) is 14.4 Å². The SMILES string of the molecule is CC(C)C(N)CCN(C)C(=O)CCCN1C(=O)CN(C)C1=O. The first-order valence-corrected chi connectivity index (χ1v) is 7.79. The summed E-state index contributed by atoms with van der Waals surface area (Å²) in [4.78, 5) is 39.6. The molecule has 0 aromatic rings. The minimum absolute atomic E-state index is 0.0170. The Balaban J connectivity index is 2.28. The van der Waals surface area contributed by atoms with Gasteiger partial charge >= 0.3 is 6.03 Å². The van der Waals surface area contributed by atoms with Crippen molar-refractivity contribution in [3.63, 3.8) is 0 Å².